The molecule has 1 heterocycles. The van der Waals surface area contributed by atoms with Crippen LogP contribution in [0.25, 0.3) is 0 Å². The first-order chi connectivity index (χ1) is 8.97. The molecule has 0 saturated carbocycles. The molecule has 102 valence electrons. The van der Waals surface area contributed by atoms with Crippen LogP contribution in [-0.2, 0) is 0 Å². The van der Waals surface area contributed by atoms with Gasteiger partial charge in [-0.25, -0.2) is 4.39 Å². The molecule has 2 N–H and O–H groups in total. The Morgan fingerprint density at radius 3 is 2.58 bits per heavy atom. The van der Waals surface area contributed by atoms with Gasteiger partial charge in [0.15, 0.2) is 0 Å². The normalized spacial score (nSPS) is 14.2. The number of thiophene rings is 1. The van der Waals surface area contributed by atoms with Gasteiger partial charge in [-0.3, -0.25) is 0 Å². The van der Waals surface area contributed by atoms with Gasteiger partial charge in [0.05, 0.1) is 4.47 Å². The Bertz CT molecular complexity index is 574. The van der Waals surface area contributed by atoms with Gasteiger partial charge in [0.2, 0.25) is 0 Å². The van der Waals surface area contributed by atoms with Gasteiger partial charge in [-0.15, -0.1) is 11.3 Å². The van der Waals surface area contributed by atoms with Crippen molar-refractivity contribution in [2.45, 2.75) is 19.1 Å². The van der Waals surface area contributed by atoms with Crippen molar-refractivity contribution in [2.24, 2.45) is 5.73 Å². The van der Waals surface area contributed by atoms with Gasteiger partial charge in [0, 0.05) is 20.8 Å². The maximum absolute atomic E-state index is 13.2. The molecule has 0 spiro atoms. The molecular weight excluding hydrogens is 397 g/mol. The van der Waals surface area contributed by atoms with E-state index in [1.165, 1.54) is 6.07 Å². The molecule has 0 amide bonds. The summed E-state index contributed by atoms with van der Waals surface area (Å²) in [7, 11) is 0. The molecule has 2 atom stereocenters. The molecule has 2 rings (SSSR count). The lowest BCUT2D eigenvalue weighted by Crippen LogP contribution is -2.28. The summed E-state index contributed by atoms with van der Waals surface area (Å²) in [6, 6.07) is 6.37. The van der Waals surface area contributed by atoms with E-state index in [-0.39, 0.29) is 18.0 Å². The summed E-state index contributed by atoms with van der Waals surface area (Å²) in [5, 5.41) is 1.98. The highest BCUT2D eigenvalue weighted by atomic mass is 79.9. The topological polar surface area (TPSA) is 35.2 Å². The van der Waals surface area contributed by atoms with E-state index in [4.69, 9.17) is 10.5 Å². The molecule has 1 aromatic heterocycles. The van der Waals surface area contributed by atoms with Gasteiger partial charge < -0.3 is 10.5 Å². The third-order valence-electron chi connectivity index (χ3n) is 2.50. The summed E-state index contributed by atoms with van der Waals surface area (Å²) in [5.41, 5.74) is 5.97. The standard InChI is InChI=1S/C13H12Br2FNOS/c1-7(17)13(12-4-8(14)6-19-12)18-9-2-3-11(16)10(15)5-9/h2-7,13H,17H2,1H3. The Kier molecular flexibility index (Phi) is 5.00. The third kappa shape index (κ3) is 3.78. The van der Waals surface area contributed by atoms with E-state index in [2.05, 4.69) is 31.9 Å². The van der Waals surface area contributed by atoms with Crippen LogP contribution in [0.2, 0.25) is 0 Å². The Morgan fingerprint density at radius 2 is 2.05 bits per heavy atom. The molecule has 2 aromatic rings. The van der Waals surface area contributed by atoms with Gasteiger partial charge in [0.25, 0.3) is 0 Å². The molecule has 19 heavy (non-hydrogen) atoms. The molecule has 0 saturated heterocycles. The van der Waals surface area contributed by atoms with Crippen molar-refractivity contribution in [1.82, 2.24) is 0 Å². The largest absolute Gasteiger partial charge is 0.483 e. The van der Waals surface area contributed by atoms with Crippen LogP contribution in [0.5, 0.6) is 5.75 Å². The molecule has 0 aliphatic rings. The highest BCUT2D eigenvalue weighted by Gasteiger charge is 2.20. The van der Waals surface area contributed by atoms with Crippen LogP contribution in [0.4, 0.5) is 4.39 Å². The maximum Gasteiger partial charge on any atom is 0.148 e. The van der Waals surface area contributed by atoms with Crippen LogP contribution in [0.15, 0.2) is 38.6 Å². The van der Waals surface area contributed by atoms with Crippen molar-refractivity contribution in [2.75, 3.05) is 0 Å². The predicted molar refractivity (Wildman–Crippen MR) is 83.1 cm³/mol. The lowest BCUT2D eigenvalue weighted by Gasteiger charge is -2.21. The highest BCUT2D eigenvalue weighted by molar-refractivity contribution is 9.10. The number of rotatable bonds is 4. The Morgan fingerprint density at radius 1 is 1.32 bits per heavy atom. The van der Waals surface area contributed by atoms with E-state index in [9.17, 15) is 4.39 Å². The molecule has 0 radical (unpaired) electrons. The van der Waals surface area contributed by atoms with Crippen LogP contribution >= 0.6 is 43.2 Å². The number of halogens is 3. The number of benzene rings is 1. The summed E-state index contributed by atoms with van der Waals surface area (Å²) >= 11 is 8.13. The van der Waals surface area contributed by atoms with Crippen molar-refractivity contribution < 1.29 is 9.13 Å². The van der Waals surface area contributed by atoms with Crippen molar-refractivity contribution in [1.29, 1.82) is 0 Å². The van der Waals surface area contributed by atoms with Crippen molar-refractivity contribution in [3.63, 3.8) is 0 Å². The predicted octanol–water partition coefficient (Wildman–Crippen LogP) is 4.88. The molecule has 6 heteroatoms. The smallest absolute Gasteiger partial charge is 0.148 e. The molecule has 0 aliphatic heterocycles. The molecule has 1 aromatic carbocycles. The zero-order valence-corrected chi connectivity index (χ0v) is 14.1. The van der Waals surface area contributed by atoms with Gasteiger partial charge in [0.1, 0.15) is 17.7 Å². The van der Waals surface area contributed by atoms with Gasteiger partial charge in [-0.2, -0.15) is 0 Å². The second-order valence-electron chi connectivity index (χ2n) is 4.14. The Labute approximate surface area is 132 Å². The number of hydrogen-bond acceptors (Lipinski definition) is 3. The maximum atomic E-state index is 13.2. The second-order valence-corrected chi connectivity index (χ2v) is 6.85. The van der Waals surface area contributed by atoms with Crippen LogP contribution in [-0.4, -0.2) is 6.04 Å². The van der Waals surface area contributed by atoms with Gasteiger partial charge in [-0.1, -0.05) is 0 Å². The average molecular weight is 409 g/mol. The van der Waals surface area contributed by atoms with Crippen LogP contribution in [0, 0.1) is 5.82 Å². The van der Waals surface area contributed by atoms with E-state index < -0.39 is 0 Å². The zero-order valence-electron chi connectivity index (χ0n) is 10.1. The monoisotopic (exact) mass is 407 g/mol. The van der Waals surface area contributed by atoms with E-state index in [0.717, 1.165) is 9.35 Å². The molecular formula is C13H12Br2FNOS. The Balaban J connectivity index is 2.23. The minimum absolute atomic E-state index is 0.172. The first-order valence-corrected chi connectivity index (χ1v) is 8.05. The van der Waals surface area contributed by atoms with E-state index in [1.807, 2.05) is 18.4 Å². The van der Waals surface area contributed by atoms with E-state index >= 15 is 0 Å². The summed E-state index contributed by atoms with van der Waals surface area (Å²) in [5.74, 6) is 0.267. The second kappa shape index (κ2) is 6.35. The summed E-state index contributed by atoms with van der Waals surface area (Å²) in [6.07, 6.45) is -0.256. The fraction of sp³-hybridized carbons (Fsp3) is 0.231. The van der Waals surface area contributed by atoms with Gasteiger partial charge in [-0.05, 0) is 63.0 Å². The summed E-state index contributed by atoms with van der Waals surface area (Å²) < 4.78 is 20.4. The average Bonchev–Trinajstić information content (AvgIpc) is 2.76. The Hall–Kier alpha value is -0.430. The number of nitrogens with two attached hydrogens (primary N) is 1. The zero-order chi connectivity index (χ0) is 14.0. The first-order valence-electron chi connectivity index (χ1n) is 5.58. The number of ether oxygens (including phenoxy) is 1. The SMILES string of the molecule is CC(N)C(Oc1ccc(F)c(Br)c1)c1cc(Br)cs1. The van der Waals surface area contributed by atoms with Gasteiger partial charge >= 0.3 is 0 Å². The van der Waals surface area contributed by atoms with E-state index in [1.54, 1.807) is 23.5 Å². The fourth-order valence-electron chi connectivity index (χ4n) is 1.60. The van der Waals surface area contributed by atoms with Crippen molar-refractivity contribution >= 4 is 43.2 Å². The molecule has 0 aliphatic carbocycles. The van der Waals surface area contributed by atoms with Crippen molar-refractivity contribution in [3.05, 3.63) is 49.3 Å². The fourth-order valence-corrected chi connectivity index (χ4v) is 3.54. The third-order valence-corrected chi connectivity index (χ3v) is 4.86. The minimum atomic E-state index is -0.316. The molecule has 2 nitrogen and oxygen atoms in total. The quantitative estimate of drug-likeness (QED) is 0.782. The lowest BCUT2D eigenvalue weighted by atomic mass is 10.1. The van der Waals surface area contributed by atoms with E-state index in [0.29, 0.717) is 10.2 Å². The van der Waals surface area contributed by atoms with Crippen LogP contribution in [0.3, 0.4) is 0 Å². The molecule has 0 fully saturated rings. The molecule has 2 unspecified atom stereocenters. The highest BCUT2D eigenvalue weighted by Crippen LogP contribution is 2.32. The van der Waals surface area contributed by atoms with Crippen LogP contribution in [0.1, 0.15) is 17.9 Å². The summed E-state index contributed by atoms with van der Waals surface area (Å²) in [6.45, 7) is 1.89. The summed E-state index contributed by atoms with van der Waals surface area (Å²) in [4.78, 5) is 1.03. The van der Waals surface area contributed by atoms with Crippen molar-refractivity contribution in [3.8, 4) is 5.75 Å². The lowest BCUT2D eigenvalue weighted by molar-refractivity contribution is 0.184. The first kappa shape index (κ1) is 15.0. The molecule has 0 bridgehead atoms. The van der Waals surface area contributed by atoms with Crippen LogP contribution < -0.4 is 10.5 Å². The minimum Gasteiger partial charge on any atom is -0.483 e. The number of hydrogen-bond donors (Lipinski definition) is 1.